The molecule has 0 aliphatic carbocycles. The molecule has 0 aromatic heterocycles. The Morgan fingerprint density at radius 3 is 2.11 bits per heavy atom. The highest BCUT2D eigenvalue weighted by molar-refractivity contribution is 7.89. The summed E-state index contributed by atoms with van der Waals surface area (Å²) in [5, 5.41) is 5.51. The number of anilines is 2. The molecule has 0 unspecified atom stereocenters. The van der Waals surface area contributed by atoms with Crippen LogP contribution < -0.4 is 15.5 Å². The highest BCUT2D eigenvalue weighted by atomic mass is 32.2. The van der Waals surface area contributed by atoms with Crippen molar-refractivity contribution in [2.24, 2.45) is 0 Å². The number of benzene rings is 2. The molecule has 0 atom stereocenters. The van der Waals surface area contributed by atoms with Gasteiger partial charge in [0.1, 0.15) is 0 Å². The average molecular weight is 499 g/mol. The summed E-state index contributed by atoms with van der Waals surface area (Å²) in [5.41, 5.74) is 2.55. The van der Waals surface area contributed by atoms with Crippen LogP contribution in [0.4, 0.5) is 11.4 Å². The fourth-order valence-corrected chi connectivity index (χ4v) is 6.24. The summed E-state index contributed by atoms with van der Waals surface area (Å²) >= 11 is 0. The van der Waals surface area contributed by atoms with Gasteiger partial charge in [-0.05, 0) is 68.0 Å². The van der Waals surface area contributed by atoms with Crippen LogP contribution in [0.3, 0.4) is 0 Å². The minimum atomic E-state index is -3.66. The molecule has 35 heavy (non-hydrogen) atoms. The lowest BCUT2D eigenvalue weighted by molar-refractivity contribution is -0.119. The maximum atomic E-state index is 13.4. The lowest BCUT2D eigenvalue weighted by Gasteiger charge is -2.31. The lowest BCUT2D eigenvalue weighted by atomic mass is 10.1. The van der Waals surface area contributed by atoms with Crippen molar-refractivity contribution >= 4 is 33.2 Å². The molecule has 0 spiro atoms. The van der Waals surface area contributed by atoms with Crippen molar-refractivity contribution in [2.75, 3.05) is 43.4 Å². The molecule has 2 aromatic rings. The second-order valence-electron chi connectivity index (χ2n) is 9.19. The van der Waals surface area contributed by atoms with E-state index < -0.39 is 10.0 Å². The predicted octanol–water partition coefficient (Wildman–Crippen LogP) is 3.39. The molecule has 188 valence electrons. The first-order valence-electron chi connectivity index (χ1n) is 12.4. The van der Waals surface area contributed by atoms with Gasteiger partial charge in [-0.15, -0.1) is 0 Å². The van der Waals surface area contributed by atoms with Crippen LogP contribution >= 0.6 is 0 Å². The lowest BCUT2D eigenvalue weighted by Crippen LogP contribution is -2.36. The number of amides is 2. The number of hydrogen-bond donors (Lipinski definition) is 2. The highest BCUT2D eigenvalue weighted by Crippen LogP contribution is 2.30. The van der Waals surface area contributed by atoms with Gasteiger partial charge in [0.05, 0.1) is 16.9 Å². The normalized spacial score (nSPS) is 17.1. The number of rotatable bonds is 7. The maximum absolute atomic E-state index is 13.4. The molecule has 2 saturated heterocycles. The molecule has 0 radical (unpaired) electrons. The minimum absolute atomic E-state index is 0.0836. The van der Waals surface area contributed by atoms with Gasteiger partial charge in [0.2, 0.25) is 15.9 Å². The monoisotopic (exact) mass is 498 g/mol. The summed E-state index contributed by atoms with van der Waals surface area (Å²) < 4.78 is 28.1. The molecule has 2 aromatic carbocycles. The first-order valence-corrected chi connectivity index (χ1v) is 13.8. The molecule has 2 N–H and O–H groups in total. The Morgan fingerprint density at radius 1 is 0.857 bits per heavy atom. The molecule has 0 saturated carbocycles. The summed E-state index contributed by atoms with van der Waals surface area (Å²) in [5.74, 6) is -0.431. The van der Waals surface area contributed by atoms with E-state index >= 15 is 0 Å². The summed E-state index contributed by atoms with van der Waals surface area (Å²) in [7, 11) is -2.07. The van der Waals surface area contributed by atoms with Crippen LogP contribution in [0, 0.1) is 0 Å². The zero-order valence-electron chi connectivity index (χ0n) is 20.3. The molecule has 4 rings (SSSR count). The number of nitrogens with one attached hydrogen (secondary N) is 2. The number of piperidine rings is 2. The molecule has 2 fully saturated rings. The third-order valence-electron chi connectivity index (χ3n) is 6.72. The summed E-state index contributed by atoms with van der Waals surface area (Å²) in [6.07, 6.45) is 6.25. The maximum Gasteiger partial charge on any atom is 0.257 e. The van der Waals surface area contributed by atoms with Crippen molar-refractivity contribution in [3.8, 4) is 0 Å². The molecule has 2 amide bonds. The second kappa shape index (κ2) is 11.2. The summed E-state index contributed by atoms with van der Waals surface area (Å²) in [6, 6.07) is 12.1. The smallest absolute Gasteiger partial charge is 0.257 e. The molecule has 2 aliphatic heterocycles. The Labute approximate surface area is 207 Å². The van der Waals surface area contributed by atoms with Crippen LogP contribution in [0.5, 0.6) is 0 Å². The van der Waals surface area contributed by atoms with Crippen LogP contribution in [-0.4, -0.2) is 57.8 Å². The Balaban J connectivity index is 1.61. The van der Waals surface area contributed by atoms with Gasteiger partial charge in [-0.1, -0.05) is 18.6 Å². The van der Waals surface area contributed by atoms with Gasteiger partial charge in [-0.25, -0.2) is 8.42 Å². The molecular formula is C26H34N4O4S. The zero-order chi connectivity index (χ0) is 24.8. The Morgan fingerprint density at radius 2 is 1.49 bits per heavy atom. The number of carbonyl (C=O) groups is 2. The van der Waals surface area contributed by atoms with Crippen LogP contribution in [0.2, 0.25) is 0 Å². The van der Waals surface area contributed by atoms with Crippen molar-refractivity contribution in [3.05, 3.63) is 53.6 Å². The third-order valence-corrected chi connectivity index (χ3v) is 8.61. The first-order chi connectivity index (χ1) is 16.9. The van der Waals surface area contributed by atoms with Gasteiger partial charge < -0.3 is 15.5 Å². The number of nitrogens with zero attached hydrogens (tertiary/aromatic N) is 2. The van der Waals surface area contributed by atoms with Crippen molar-refractivity contribution < 1.29 is 18.0 Å². The quantitative estimate of drug-likeness (QED) is 0.610. The van der Waals surface area contributed by atoms with E-state index in [-0.39, 0.29) is 23.1 Å². The van der Waals surface area contributed by atoms with E-state index in [2.05, 4.69) is 15.5 Å². The molecule has 8 nitrogen and oxygen atoms in total. The standard InChI is InChI=1S/C26H34N4O4S/c1-27-25(31)18-20-8-10-21(11-9-20)28-26(32)23-19-22(35(33,34)30-16-6-3-7-17-30)12-13-24(23)29-14-4-2-5-15-29/h8-13,19H,2-7,14-18H2,1H3,(H,27,31)(H,28,32). The van der Waals surface area contributed by atoms with E-state index in [9.17, 15) is 18.0 Å². The number of likely N-dealkylation sites (N-methyl/N-ethyl adjacent to an activating group) is 1. The third kappa shape index (κ3) is 6.02. The molecule has 9 heteroatoms. The molecule has 0 bridgehead atoms. The fraction of sp³-hybridized carbons (Fsp3) is 0.462. The van der Waals surface area contributed by atoms with E-state index in [1.54, 1.807) is 43.4 Å². The first kappa shape index (κ1) is 25.2. The summed E-state index contributed by atoms with van der Waals surface area (Å²) in [4.78, 5) is 27.4. The van der Waals surface area contributed by atoms with Gasteiger partial charge >= 0.3 is 0 Å². The van der Waals surface area contributed by atoms with Crippen molar-refractivity contribution in [2.45, 2.75) is 49.8 Å². The van der Waals surface area contributed by atoms with Crippen LogP contribution in [-0.2, 0) is 21.2 Å². The average Bonchev–Trinajstić information content (AvgIpc) is 2.90. The van der Waals surface area contributed by atoms with Gasteiger partial charge in [-0.2, -0.15) is 4.31 Å². The molecular weight excluding hydrogens is 464 g/mol. The van der Waals surface area contributed by atoms with Crippen molar-refractivity contribution in [3.63, 3.8) is 0 Å². The van der Waals surface area contributed by atoms with Crippen molar-refractivity contribution in [1.82, 2.24) is 9.62 Å². The van der Waals surface area contributed by atoms with Gasteiger partial charge in [-0.3, -0.25) is 9.59 Å². The SMILES string of the molecule is CNC(=O)Cc1ccc(NC(=O)c2cc(S(=O)(=O)N3CCCCC3)ccc2N2CCCCC2)cc1. The predicted molar refractivity (Wildman–Crippen MR) is 137 cm³/mol. The second-order valence-corrected chi connectivity index (χ2v) is 11.1. The fourth-order valence-electron chi connectivity index (χ4n) is 4.70. The Bertz CT molecular complexity index is 1150. The Hall–Kier alpha value is -2.91. The molecule has 2 aliphatic rings. The Kier molecular flexibility index (Phi) is 8.07. The van der Waals surface area contributed by atoms with Gasteiger partial charge in [0.25, 0.3) is 5.91 Å². The van der Waals surface area contributed by atoms with Gasteiger partial charge in [0, 0.05) is 44.6 Å². The van der Waals surface area contributed by atoms with Crippen LogP contribution in [0.25, 0.3) is 0 Å². The van der Waals surface area contributed by atoms with Crippen LogP contribution in [0.1, 0.15) is 54.4 Å². The minimum Gasteiger partial charge on any atom is -0.371 e. The van der Waals surface area contributed by atoms with E-state index in [1.165, 1.54) is 10.4 Å². The van der Waals surface area contributed by atoms with E-state index in [1.807, 2.05) is 0 Å². The highest BCUT2D eigenvalue weighted by Gasteiger charge is 2.28. The number of carbonyl (C=O) groups excluding carboxylic acids is 2. The molecule has 2 heterocycles. The van der Waals surface area contributed by atoms with Crippen molar-refractivity contribution in [1.29, 1.82) is 0 Å². The number of sulfonamides is 1. The summed E-state index contributed by atoms with van der Waals surface area (Å²) in [6.45, 7) is 2.71. The van der Waals surface area contributed by atoms with E-state index in [0.29, 0.717) is 24.3 Å². The van der Waals surface area contributed by atoms with E-state index in [4.69, 9.17) is 0 Å². The van der Waals surface area contributed by atoms with E-state index in [0.717, 1.165) is 62.9 Å². The van der Waals surface area contributed by atoms with Crippen LogP contribution in [0.15, 0.2) is 47.4 Å². The largest absolute Gasteiger partial charge is 0.371 e. The van der Waals surface area contributed by atoms with Gasteiger partial charge in [0.15, 0.2) is 0 Å². The zero-order valence-corrected chi connectivity index (χ0v) is 21.1. The number of hydrogen-bond acceptors (Lipinski definition) is 5. The topological polar surface area (TPSA) is 98.8 Å².